The van der Waals surface area contributed by atoms with Gasteiger partial charge in [-0.1, -0.05) is 0 Å². The molecule has 5 heteroatoms. The minimum atomic E-state index is -0.772. The second-order valence-corrected chi connectivity index (χ2v) is 3.56. The van der Waals surface area contributed by atoms with Gasteiger partial charge in [-0.15, -0.1) is 0 Å². The molecular formula is C7H12N2O2S. The van der Waals surface area contributed by atoms with Gasteiger partial charge in [-0.3, -0.25) is 9.79 Å². The predicted molar refractivity (Wildman–Crippen MR) is 49.9 cm³/mol. The van der Waals surface area contributed by atoms with Crippen LogP contribution in [0.25, 0.3) is 0 Å². The lowest BCUT2D eigenvalue weighted by molar-refractivity contribution is -0.136. The summed E-state index contributed by atoms with van der Waals surface area (Å²) in [6.07, 6.45) is 0.156. The monoisotopic (exact) mass is 188 g/mol. The normalized spacial score (nSPS) is 16.8. The van der Waals surface area contributed by atoms with Gasteiger partial charge in [0, 0.05) is 12.3 Å². The number of nitrogens with one attached hydrogen (secondary N) is 1. The van der Waals surface area contributed by atoms with Gasteiger partial charge in [0.25, 0.3) is 0 Å². The molecule has 0 aromatic carbocycles. The molecule has 12 heavy (non-hydrogen) atoms. The van der Waals surface area contributed by atoms with Gasteiger partial charge in [-0.05, 0) is 0 Å². The van der Waals surface area contributed by atoms with Crippen LogP contribution in [0.15, 0.2) is 4.99 Å². The van der Waals surface area contributed by atoms with Crippen molar-refractivity contribution in [1.82, 2.24) is 5.32 Å². The van der Waals surface area contributed by atoms with Gasteiger partial charge in [-0.2, -0.15) is 11.8 Å². The zero-order valence-corrected chi connectivity index (χ0v) is 7.56. The number of carboxylic acids is 1. The number of thioether (sulfide) groups is 1. The van der Waals surface area contributed by atoms with E-state index in [0.717, 1.165) is 23.9 Å². The van der Waals surface area contributed by atoms with Gasteiger partial charge in [0.2, 0.25) is 0 Å². The Morgan fingerprint density at radius 2 is 2.58 bits per heavy atom. The molecule has 0 saturated heterocycles. The Morgan fingerprint density at radius 1 is 1.75 bits per heavy atom. The number of hydrogen-bond acceptors (Lipinski definition) is 4. The summed E-state index contributed by atoms with van der Waals surface area (Å²) < 4.78 is 0. The van der Waals surface area contributed by atoms with E-state index in [9.17, 15) is 4.79 Å². The van der Waals surface area contributed by atoms with E-state index in [0.29, 0.717) is 6.54 Å². The summed E-state index contributed by atoms with van der Waals surface area (Å²) in [6, 6.07) is 0. The fourth-order valence-electron chi connectivity index (χ4n) is 0.880. The molecule has 1 heterocycles. The number of nitrogens with zero attached hydrogens (tertiary/aromatic N) is 1. The van der Waals surface area contributed by atoms with Crippen molar-refractivity contribution in [1.29, 1.82) is 0 Å². The largest absolute Gasteiger partial charge is 0.481 e. The lowest BCUT2D eigenvalue weighted by Crippen LogP contribution is -2.30. The first kappa shape index (κ1) is 9.38. The maximum Gasteiger partial charge on any atom is 0.305 e. The van der Waals surface area contributed by atoms with Crippen molar-refractivity contribution >= 4 is 23.6 Å². The predicted octanol–water partition coefficient (Wildman–Crippen LogP) is 0.196. The molecule has 1 aliphatic heterocycles. The van der Waals surface area contributed by atoms with Crippen LogP contribution in [0.2, 0.25) is 0 Å². The van der Waals surface area contributed by atoms with Crippen LogP contribution in [0.5, 0.6) is 0 Å². The van der Waals surface area contributed by atoms with Crippen molar-refractivity contribution in [3.05, 3.63) is 0 Å². The Kier molecular flexibility index (Phi) is 3.93. The first-order valence-electron chi connectivity index (χ1n) is 3.86. The van der Waals surface area contributed by atoms with Gasteiger partial charge >= 0.3 is 5.97 Å². The Labute approximate surface area is 75.4 Å². The number of amidine groups is 1. The van der Waals surface area contributed by atoms with Crippen molar-refractivity contribution < 1.29 is 9.90 Å². The van der Waals surface area contributed by atoms with Gasteiger partial charge < -0.3 is 10.4 Å². The molecule has 0 unspecified atom stereocenters. The molecule has 0 radical (unpaired) electrons. The first-order valence-corrected chi connectivity index (χ1v) is 5.01. The lowest BCUT2D eigenvalue weighted by Gasteiger charge is -2.12. The Morgan fingerprint density at radius 3 is 3.17 bits per heavy atom. The number of hydrogen-bond donors (Lipinski definition) is 2. The van der Waals surface area contributed by atoms with E-state index in [-0.39, 0.29) is 6.42 Å². The minimum absolute atomic E-state index is 0.156. The fraction of sp³-hybridized carbons (Fsp3) is 0.714. The molecule has 0 amide bonds. The van der Waals surface area contributed by atoms with Gasteiger partial charge in [0.05, 0.1) is 18.7 Å². The molecule has 0 spiro atoms. The van der Waals surface area contributed by atoms with Gasteiger partial charge in [0.1, 0.15) is 5.84 Å². The fourth-order valence-corrected chi connectivity index (χ4v) is 1.63. The third-order valence-corrected chi connectivity index (χ3v) is 2.39. The molecule has 0 atom stereocenters. The van der Waals surface area contributed by atoms with Gasteiger partial charge in [-0.25, -0.2) is 0 Å². The van der Waals surface area contributed by atoms with Crippen molar-refractivity contribution in [3.8, 4) is 0 Å². The summed E-state index contributed by atoms with van der Waals surface area (Å²) in [7, 11) is 0. The third-order valence-electron chi connectivity index (χ3n) is 1.44. The highest BCUT2D eigenvalue weighted by Crippen LogP contribution is 2.04. The zero-order valence-electron chi connectivity index (χ0n) is 6.75. The number of carbonyl (C=O) groups is 1. The van der Waals surface area contributed by atoms with E-state index in [4.69, 9.17) is 5.11 Å². The summed E-state index contributed by atoms with van der Waals surface area (Å²) in [5.41, 5.74) is 0. The molecule has 0 saturated carbocycles. The lowest BCUT2D eigenvalue weighted by atomic mass is 10.4. The second-order valence-electron chi connectivity index (χ2n) is 2.45. The van der Waals surface area contributed by atoms with Crippen LogP contribution in [-0.4, -0.2) is 41.5 Å². The summed E-state index contributed by atoms with van der Waals surface area (Å²) in [5.74, 6) is 2.13. The molecule has 68 valence electrons. The SMILES string of the molecule is O=C(O)CCNC1=NCCSC1. The maximum atomic E-state index is 10.2. The molecule has 0 aromatic rings. The highest BCUT2D eigenvalue weighted by molar-refractivity contribution is 8.00. The number of carboxylic acid groups (broad SMARTS) is 1. The number of aliphatic imine (C=N–C) groups is 1. The molecule has 0 bridgehead atoms. The van der Waals surface area contributed by atoms with Crippen LogP contribution < -0.4 is 5.32 Å². The summed E-state index contributed by atoms with van der Waals surface area (Å²) in [5, 5.41) is 11.4. The standard InChI is InChI=1S/C7H12N2O2S/c10-7(11)1-2-8-6-5-12-4-3-9-6/h1-5H2,(H,8,9)(H,10,11). The van der Waals surface area contributed by atoms with Crippen LogP contribution >= 0.6 is 11.8 Å². The molecular weight excluding hydrogens is 176 g/mol. The minimum Gasteiger partial charge on any atom is -0.481 e. The molecule has 1 rings (SSSR count). The molecule has 0 fully saturated rings. The summed E-state index contributed by atoms with van der Waals surface area (Å²) in [4.78, 5) is 14.4. The Bertz CT molecular complexity index is 194. The quantitative estimate of drug-likeness (QED) is 0.664. The molecule has 4 nitrogen and oxygen atoms in total. The average molecular weight is 188 g/mol. The second kappa shape index (κ2) is 5.03. The Hall–Kier alpha value is -0.710. The highest BCUT2D eigenvalue weighted by atomic mass is 32.2. The summed E-state index contributed by atoms with van der Waals surface area (Å²) in [6.45, 7) is 1.33. The van der Waals surface area contributed by atoms with E-state index in [2.05, 4.69) is 10.3 Å². The van der Waals surface area contributed by atoms with Crippen LogP contribution in [0.1, 0.15) is 6.42 Å². The van der Waals surface area contributed by atoms with Crippen molar-refractivity contribution in [3.63, 3.8) is 0 Å². The maximum absolute atomic E-state index is 10.2. The van der Waals surface area contributed by atoms with Gasteiger partial charge in [0.15, 0.2) is 0 Å². The topological polar surface area (TPSA) is 61.7 Å². The first-order chi connectivity index (χ1) is 5.79. The highest BCUT2D eigenvalue weighted by Gasteiger charge is 2.04. The van der Waals surface area contributed by atoms with Crippen LogP contribution in [0, 0.1) is 0 Å². The molecule has 1 aliphatic rings. The van der Waals surface area contributed by atoms with E-state index in [1.165, 1.54) is 0 Å². The van der Waals surface area contributed by atoms with E-state index in [1.807, 2.05) is 11.8 Å². The number of aliphatic carboxylic acids is 1. The smallest absolute Gasteiger partial charge is 0.305 e. The van der Waals surface area contributed by atoms with E-state index < -0.39 is 5.97 Å². The Balaban J connectivity index is 2.13. The molecule has 0 aromatic heterocycles. The van der Waals surface area contributed by atoms with E-state index >= 15 is 0 Å². The molecule has 2 N–H and O–H groups in total. The zero-order chi connectivity index (χ0) is 8.81. The third kappa shape index (κ3) is 3.61. The van der Waals surface area contributed by atoms with Crippen molar-refractivity contribution in [2.75, 3.05) is 24.6 Å². The van der Waals surface area contributed by atoms with Crippen LogP contribution in [0.3, 0.4) is 0 Å². The molecule has 0 aliphatic carbocycles. The average Bonchev–Trinajstić information content (AvgIpc) is 2.05. The number of rotatable bonds is 3. The van der Waals surface area contributed by atoms with Crippen molar-refractivity contribution in [2.45, 2.75) is 6.42 Å². The van der Waals surface area contributed by atoms with Crippen LogP contribution in [-0.2, 0) is 4.79 Å². The van der Waals surface area contributed by atoms with Crippen LogP contribution in [0.4, 0.5) is 0 Å². The van der Waals surface area contributed by atoms with Crippen molar-refractivity contribution in [2.24, 2.45) is 4.99 Å². The van der Waals surface area contributed by atoms with E-state index in [1.54, 1.807) is 0 Å². The summed E-state index contributed by atoms with van der Waals surface area (Å²) >= 11 is 1.82.